The summed E-state index contributed by atoms with van der Waals surface area (Å²) in [6, 6.07) is 3.35. The van der Waals surface area contributed by atoms with E-state index in [9.17, 15) is 19.1 Å². The number of halogens is 1. The molecule has 0 unspecified atom stereocenters. The number of fused-ring (bicyclic) bond motifs is 2. The number of carbonyl (C=O) groups is 2. The molecule has 0 saturated carbocycles. The summed E-state index contributed by atoms with van der Waals surface area (Å²) in [4.78, 5) is 29.1. The Kier molecular flexibility index (Phi) is 8.73. The lowest BCUT2D eigenvalue weighted by Gasteiger charge is -2.10. The highest BCUT2D eigenvalue weighted by molar-refractivity contribution is 6.26. The zero-order valence-corrected chi connectivity index (χ0v) is 17.0. The number of pyridine rings is 1. The number of aromatic nitrogens is 1. The molecule has 1 aromatic heterocycles. The number of hydrogen-bond donors (Lipinski definition) is 1. The summed E-state index contributed by atoms with van der Waals surface area (Å²) in [6.45, 7) is 9.39. The molecule has 1 aliphatic rings. The van der Waals surface area contributed by atoms with E-state index in [0.29, 0.717) is 12.6 Å². The minimum Gasteiger partial charge on any atom is -0.505 e. The smallest absolute Gasteiger partial charge is 0.265 e. The lowest BCUT2D eigenvalue weighted by Crippen LogP contribution is -2.24. The summed E-state index contributed by atoms with van der Waals surface area (Å²) in [6.07, 6.45) is 8.13. The number of methoxy groups -OCH3 is 1. The van der Waals surface area contributed by atoms with Crippen molar-refractivity contribution in [3.8, 4) is 11.5 Å². The molecule has 0 fully saturated rings. The number of phenols is 1. The minimum absolute atomic E-state index is 0.0458. The molecular weight excluding hydrogens is 375 g/mol. The SMILES string of the molecule is C=C/C=C\C(=C)CC.CF.COc1c2c(c(O)c3ncccc13)C(=O)N(C)C2=O. The number of allylic oxidation sites excluding steroid dienone is 4. The first kappa shape index (κ1) is 23.6. The Labute approximate surface area is 169 Å². The molecule has 1 N–H and O–H groups in total. The molecule has 0 atom stereocenters. The van der Waals surface area contributed by atoms with Crippen LogP contribution in [0.4, 0.5) is 4.39 Å². The predicted molar refractivity (Wildman–Crippen MR) is 112 cm³/mol. The van der Waals surface area contributed by atoms with Gasteiger partial charge in [0.15, 0.2) is 5.75 Å². The third kappa shape index (κ3) is 4.68. The molecule has 0 radical (unpaired) electrons. The number of hydrogen-bond acceptors (Lipinski definition) is 5. The van der Waals surface area contributed by atoms with Gasteiger partial charge >= 0.3 is 0 Å². The van der Waals surface area contributed by atoms with Crippen LogP contribution in [0.25, 0.3) is 10.9 Å². The summed E-state index contributed by atoms with van der Waals surface area (Å²) >= 11 is 0. The van der Waals surface area contributed by atoms with Crippen LogP contribution in [0.5, 0.6) is 11.5 Å². The molecule has 154 valence electrons. The van der Waals surface area contributed by atoms with Crippen LogP contribution in [-0.2, 0) is 0 Å². The van der Waals surface area contributed by atoms with Gasteiger partial charge in [-0.25, -0.2) is 0 Å². The second-order valence-electron chi connectivity index (χ2n) is 5.81. The van der Waals surface area contributed by atoms with Crippen molar-refractivity contribution in [1.82, 2.24) is 9.88 Å². The first-order valence-corrected chi connectivity index (χ1v) is 8.73. The third-order valence-electron chi connectivity index (χ3n) is 4.15. The number of ether oxygens (including phenoxy) is 1. The van der Waals surface area contributed by atoms with E-state index in [1.54, 1.807) is 18.2 Å². The predicted octanol–water partition coefficient (Wildman–Crippen LogP) is 4.46. The maximum absolute atomic E-state index is 12.1. The van der Waals surface area contributed by atoms with Gasteiger partial charge in [-0.3, -0.25) is 23.9 Å². The van der Waals surface area contributed by atoms with Gasteiger partial charge in [-0.05, 0) is 18.6 Å². The summed E-state index contributed by atoms with van der Waals surface area (Å²) in [5.41, 5.74) is 1.43. The number of aromatic hydroxyl groups is 1. The van der Waals surface area contributed by atoms with Crippen molar-refractivity contribution in [3.05, 3.63) is 66.4 Å². The van der Waals surface area contributed by atoms with Crippen LogP contribution in [0.1, 0.15) is 34.1 Å². The van der Waals surface area contributed by atoms with Gasteiger partial charge in [0.05, 0.1) is 19.9 Å². The Hall–Kier alpha value is -3.48. The molecule has 2 heterocycles. The molecule has 1 aromatic carbocycles. The average molecular weight is 400 g/mol. The molecule has 6 nitrogen and oxygen atoms in total. The zero-order valence-electron chi connectivity index (χ0n) is 17.0. The van der Waals surface area contributed by atoms with Crippen LogP contribution in [0.2, 0.25) is 0 Å². The van der Waals surface area contributed by atoms with Gasteiger partial charge in [0.1, 0.15) is 16.8 Å². The van der Waals surface area contributed by atoms with Gasteiger partial charge in [0.25, 0.3) is 11.8 Å². The van der Waals surface area contributed by atoms with E-state index in [1.807, 2.05) is 12.2 Å². The molecule has 0 saturated heterocycles. The van der Waals surface area contributed by atoms with Crippen LogP contribution < -0.4 is 4.74 Å². The zero-order chi connectivity index (χ0) is 22.1. The van der Waals surface area contributed by atoms with E-state index in [4.69, 9.17) is 4.74 Å². The Morgan fingerprint density at radius 1 is 1.31 bits per heavy atom. The van der Waals surface area contributed by atoms with Crippen LogP contribution >= 0.6 is 0 Å². The van der Waals surface area contributed by atoms with Gasteiger partial charge < -0.3 is 9.84 Å². The molecule has 2 amide bonds. The highest BCUT2D eigenvalue weighted by atomic mass is 19.1. The fourth-order valence-electron chi connectivity index (χ4n) is 2.64. The number of imide groups is 1. The number of amides is 2. The molecular formula is C22H25FN2O4. The van der Waals surface area contributed by atoms with Gasteiger partial charge in [-0.1, -0.05) is 43.9 Å². The largest absolute Gasteiger partial charge is 0.505 e. The molecule has 0 bridgehead atoms. The van der Waals surface area contributed by atoms with E-state index in [1.165, 1.54) is 20.4 Å². The number of benzene rings is 1. The number of nitrogens with zero attached hydrogens (tertiary/aromatic N) is 2. The van der Waals surface area contributed by atoms with Crippen molar-refractivity contribution in [3.63, 3.8) is 0 Å². The molecule has 1 aliphatic heterocycles. The Balaban J connectivity index is 0.000000358. The first-order valence-electron chi connectivity index (χ1n) is 8.73. The topological polar surface area (TPSA) is 79.7 Å². The van der Waals surface area contributed by atoms with Gasteiger partial charge in [0, 0.05) is 18.6 Å². The summed E-state index contributed by atoms with van der Waals surface area (Å²) < 4.78 is 14.7. The fourth-order valence-corrected chi connectivity index (χ4v) is 2.64. The standard InChI is InChI=1S/C13H10N2O4.C8H12.CH3F/c1-15-12(17)7-8(13(15)18)11(19-2)6-4-3-5-14-9(6)10(7)16;1-4-6-7-8(3)5-2;1-2/h3-5,16H,1-2H3;4,6-7H,1,3,5H2,2H3;1H3/b;7-6-;. The Morgan fingerprint density at radius 2 is 1.93 bits per heavy atom. The molecule has 7 heteroatoms. The van der Waals surface area contributed by atoms with Crippen molar-refractivity contribution in [1.29, 1.82) is 0 Å². The van der Waals surface area contributed by atoms with Gasteiger partial charge in [0.2, 0.25) is 0 Å². The van der Waals surface area contributed by atoms with Crippen molar-refractivity contribution >= 4 is 22.7 Å². The highest BCUT2D eigenvalue weighted by Crippen LogP contribution is 2.42. The molecule has 2 aromatic rings. The van der Waals surface area contributed by atoms with E-state index >= 15 is 0 Å². The molecule has 3 rings (SSSR count). The molecule has 0 aliphatic carbocycles. The summed E-state index contributed by atoms with van der Waals surface area (Å²) in [5, 5.41) is 10.7. The number of rotatable bonds is 4. The lowest BCUT2D eigenvalue weighted by atomic mass is 10.0. The van der Waals surface area contributed by atoms with Gasteiger partial charge in [-0.2, -0.15) is 0 Å². The van der Waals surface area contributed by atoms with E-state index < -0.39 is 11.8 Å². The maximum atomic E-state index is 12.1. The quantitative estimate of drug-likeness (QED) is 0.606. The second kappa shape index (κ2) is 10.8. The van der Waals surface area contributed by atoms with Gasteiger partial charge in [-0.15, -0.1) is 0 Å². The van der Waals surface area contributed by atoms with Crippen LogP contribution in [0.15, 0.2) is 55.3 Å². The van der Waals surface area contributed by atoms with Crippen molar-refractivity contribution in [2.24, 2.45) is 0 Å². The number of carbonyl (C=O) groups excluding carboxylic acids is 2. The normalized spacial score (nSPS) is 12.1. The highest BCUT2D eigenvalue weighted by Gasteiger charge is 2.40. The van der Waals surface area contributed by atoms with E-state index in [-0.39, 0.29) is 28.1 Å². The first-order chi connectivity index (χ1) is 13.9. The lowest BCUT2D eigenvalue weighted by molar-refractivity contribution is 0.0691. The minimum atomic E-state index is -0.552. The van der Waals surface area contributed by atoms with Crippen molar-refractivity contribution < 1.29 is 23.8 Å². The third-order valence-corrected chi connectivity index (χ3v) is 4.15. The van der Waals surface area contributed by atoms with E-state index in [0.717, 1.165) is 16.9 Å². The average Bonchev–Trinajstić information content (AvgIpc) is 2.99. The summed E-state index contributed by atoms with van der Waals surface area (Å²) in [5.74, 6) is -1.06. The van der Waals surface area contributed by atoms with Crippen LogP contribution in [-0.4, -0.2) is 48.1 Å². The van der Waals surface area contributed by atoms with Crippen molar-refractivity contribution in [2.45, 2.75) is 13.3 Å². The number of alkyl halides is 1. The Morgan fingerprint density at radius 3 is 2.48 bits per heavy atom. The van der Waals surface area contributed by atoms with Crippen LogP contribution in [0.3, 0.4) is 0 Å². The fraction of sp³-hybridized carbons (Fsp3) is 0.227. The van der Waals surface area contributed by atoms with E-state index in [2.05, 4.69) is 25.1 Å². The maximum Gasteiger partial charge on any atom is 0.265 e. The monoisotopic (exact) mass is 400 g/mol. The second-order valence-corrected chi connectivity index (χ2v) is 5.81. The molecule has 29 heavy (non-hydrogen) atoms. The number of phenolic OH excluding ortho intramolecular Hbond substituents is 1. The van der Waals surface area contributed by atoms with Crippen molar-refractivity contribution in [2.75, 3.05) is 21.3 Å². The van der Waals surface area contributed by atoms with Crippen LogP contribution in [0, 0.1) is 0 Å². The molecule has 0 spiro atoms. The Bertz CT molecular complexity index is 967. The summed E-state index contributed by atoms with van der Waals surface area (Å²) in [7, 11) is 3.27.